The van der Waals surface area contributed by atoms with Crippen LogP contribution < -0.4 is 9.47 Å². The van der Waals surface area contributed by atoms with Crippen LogP contribution in [0.5, 0.6) is 11.5 Å². The third-order valence-corrected chi connectivity index (χ3v) is 2.90. The molecule has 0 aliphatic carbocycles. The third kappa shape index (κ3) is 2.07. The van der Waals surface area contributed by atoms with Gasteiger partial charge in [0.2, 0.25) is 0 Å². The summed E-state index contributed by atoms with van der Waals surface area (Å²) in [5, 5.41) is 0. The summed E-state index contributed by atoms with van der Waals surface area (Å²) in [6.07, 6.45) is 0. The third-order valence-electron chi connectivity index (χ3n) is 2.90. The van der Waals surface area contributed by atoms with Crippen LogP contribution in [-0.2, 0) is 9.53 Å². The van der Waals surface area contributed by atoms with E-state index in [2.05, 4.69) is 0 Å². The zero-order chi connectivity index (χ0) is 12.5. The van der Waals surface area contributed by atoms with Crippen molar-refractivity contribution in [2.75, 3.05) is 6.61 Å². The summed E-state index contributed by atoms with van der Waals surface area (Å²) in [5.74, 6) is -0.481. The van der Waals surface area contributed by atoms with Crippen molar-refractivity contribution in [2.24, 2.45) is 5.92 Å². The Balaban J connectivity index is 2.16. The van der Waals surface area contributed by atoms with Gasteiger partial charge in [-0.2, -0.15) is 0 Å². The molecule has 2 rings (SSSR count). The Morgan fingerprint density at radius 1 is 1.35 bits per heavy atom. The zero-order valence-corrected chi connectivity index (χ0v) is 10.2. The summed E-state index contributed by atoms with van der Waals surface area (Å²) in [6.45, 7) is 5.61. The average Bonchev–Trinajstić information content (AvgIpc) is 2.65. The second-order valence-corrected chi connectivity index (χ2v) is 4.14. The Bertz CT molecular complexity index is 402. The molecule has 0 saturated heterocycles. The van der Waals surface area contributed by atoms with E-state index in [0.29, 0.717) is 18.1 Å². The van der Waals surface area contributed by atoms with Crippen molar-refractivity contribution < 1.29 is 19.0 Å². The summed E-state index contributed by atoms with van der Waals surface area (Å²) < 4.78 is 16.4. The maximum Gasteiger partial charge on any atom is 0.316 e. The highest BCUT2D eigenvalue weighted by Crippen LogP contribution is 2.42. The van der Waals surface area contributed by atoms with Crippen molar-refractivity contribution in [3.63, 3.8) is 0 Å². The summed E-state index contributed by atoms with van der Waals surface area (Å²) in [7, 11) is 0. The second-order valence-electron chi connectivity index (χ2n) is 4.14. The Kier molecular flexibility index (Phi) is 2.96. The first-order valence-electron chi connectivity index (χ1n) is 5.70. The molecule has 1 aliphatic rings. The van der Waals surface area contributed by atoms with Gasteiger partial charge >= 0.3 is 5.97 Å². The van der Waals surface area contributed by atoms with E-state index in [1.54, 1.807) is 20.8 Å². The van der Waals surface area contributed by atoms with Gasteiger partial charge in [-0.25, -0.2) is 0 Å². The monoisotopic (exact) mass is 236 g/mol. The highest BCUT2D eigenvalue weighted by Gasteiger charge is 2.46. The Labute approximate surface area is 100 Å². The van der Waals surface area contributed by atoms with Gasteiger partial charge in [-0.05, 0) is 26.0 Å². The van der Waals surface area contributed by atoms with Crippen LogP contribution in [0.3, 0.4) is 0 Å². The van der Waals surface area contributed by atoms with E-state index in [1.807, 2.05) is 24.3 Å². The van der Waals surface area contributed by atoms with Gasteiger partial charge in [0.05, 0.1) is 6.61 Å². The van der Waals surface area contributed by atoms with Crippen molar-refractivity contribution in [1.29, 1.82) is 0 Å². The Morgan fingerprint density at radius 2 is 1.88 bits per heavy atom. The lowest BCUT2D eigenvalue weighted by molar-refractivity contribution is -0.169. The molecular formula is C13H16O4. The fraction of sp³-hybridized carbons (Fsp3) is 0.462. The largest absolute Gasteiger partial charge is 0.466 e. The van der Waals surface area contributed by atoms with Gasteiger partial charge in [0, 0.05) is 6.92 Å². The van der Waals surface area contributed by atoms with Crippen LogP contribution in [0, 0.1) is 5.92 Å². The lowest BCUT2D eigenvalue weighted by atomic mass is 10.0. The molecule has 1 unspecified atom stereocenters. The number of ether oxygens (including phenoxy) is 3. The van der Waals surface area contributed by atoms with E-state index in [1.165, 1.54) is 0 Å². The normalized spacial score (nSPS) is 17.6. The van der Waals surface area contributed by atoms with Crippen LogP contribution in [0.1, 0.15) is 20.8 Å². The maximum atomic E-state index is 11.7. The first-order valence-corrected chi connectivity index (χ1v) is 5.70. The van der Waals surface area contributed by atoms with Gasteiger partial charge in [0.25, 0.3) is 5.79 Å². The van der Waals surface area contributed by atoms with E-state index >= 15 is 0 Å². The van der Waals surface area contributed by atoms with E-state index in [9.17, 15) is 4.79 Å². The van der Waals surface area contributed by atoms with Crippen LogP contribution in [0.15, 0.2) is 24.3 Å². The molecule has 0 bridgehead atoms. The van der Waals surface area contributed by atoms with Crippen LogP contribution in [0.25, 0.3) is 0 Å². The average molecular weight is 236 g/mol. The fourth-order valence-electron chi connectivity index (χ4n) is 1.73. The summed E-state index contributed by atoms with van der Waals surface area (Å²) in [5.41, 5.74) is 0. The van der Waals surface area contributed by atoms with Crippen LogP contribution in [-0.4, -0.2) is 18.4 Å². The minimum Gasteiger partial charge on any atom is -0.466 e. The molecule has 1 aliphatic heterocycles. The fourth-order valence-corrected chi connectivity index (χ4v) is 1.73. The summed E-state index contributed by atoms with van der Waals surface area (Å²) >= 11 is 0. The Hall–Kier alpha value is -1.71. The lowest BCUT2D eigenvalue weighted by Crippen LogP contribution is -2.46. The molecule has 4 heteroatoms. The summed E-state index contributed by atoms with van der Waals surface area (Å²) in [6, 6.07) is 7.36. The van der Waals surface area contributed by atoms with Crippen molar-refractivity contribution in [3.8, 4) is 11.5 Å². The second kappa shape index (κ2) is 4.28. The SMILES string of the molecule is CCOC(=O)C(C)C1(C)Oc2ccccc2O1. The van der Waals surface area contributed by atoms with Gasteiger partial charge < -0.3 is 14.2 Å². The number of carbonyl (C=O) groups is 1. The van der Waals surface area contributed by atoms with E-state index in [-0.39, 0.29) is 5.97 Å². The van der Waals surface area contributed by atoms with Gasteiger partial charge in [0.15, 0.2) is 11.5 Å². The molecule has 1 heterocycles. The minimum atomic E-state index is -0.990. The highest BCUT2D eigenvalue weighted by molar-refractivity contribution is 5.73. The molecule has 1 aromatic rings. The number of fused-ring (bicyclic) bond motifs is 1. The number of hydrogen-bond acceptors (Lipinski definition) is 4. The molecule has 0 saturated carbocycles. The molecule has 0 fully saturated rings. The topological polar surface area (TPSA) is 44.8 Å². The molecule has 0 radical (unpaired) electrons. The van der Waals surface area contributed by atoms with Crippen LogP contribution in [0.4, 0.5) is 0 Å². The molecule has 1 atom stereocenters. The van der Waals surface area contributed by atoms with E-state index in [4.69, 9.17) is 14.2 Å². The van der Waals surface area contributed by atoms with Crippen molar-refractivity contribution in [2.45, 2.75) is 26.6 Å². The van der Waals surface area contributed by atoms with Gasteiger partial charge in [-0.1, -0.05) is 12.1 Å². The lowest BCUT2D eigenvalue weighted by Gasteiger charge is -2.27. The van der Waals surface area contributed by atoms with Gasteiger partial charge in [-0.15, -0.1) is 0 Å². The maximum absolute atomic E-state index is 11.7. The van der Waals surface area contributed by atoms with E-state index < -0.39 is 11.7 Å². The number of hydrogen-bond donors (Lipinski definition) is 0. The van der Waals surface area contributed by atoms with E-state index in [0.717, 1.165) is 0 Å². The van der Waals surface area contributed by atoms with Crippen molar-refractivity contribution >= 4 is 5.97 Å². The molecular weight excluding hydrogens is 220 g/mol. The molecule has 0 N–H and O–H groups in total. The molecule has 4 nitrogen and oxygen atoms in total. The highest BCUT2D eigenvalue weighted by atomic mass is 16.7. The summed E-state index contributed by atoms with van der Waals surface area (Å²) in [4.78, 5) is 11.7. The number of carbonyl (C=O) groups excluding carboxylic acids is 1. The predicted octanol–water partition coefficient (Wildman–Crippen LogP) is 2.37. The molecule has 92 valence electrons. The quantitative estimate of drug-likeness (QED) is 0.756. The number of rotatable bonds is 3. The number of benzene rings is 1. The van der Waals surface area contributed by atoms with Crippen LogP contribution in [0.2, 0.25) is 0 Å². The standard InChI is InChI=1S/C13H16O4/c1-4-15-12(14)9(2)13(3)16-10-7-5-6-8-11(10)17-13/h5-9H,4H2,1-3H3. The number of esters is 1. The van der Waals surface area contributed by atoms with Crippen molar-refractivity contribution in [1.82, 2.24) is 0 Å². The first-order chi connectivity index (χ1) is 8.07. The molecule has 17 heavy (non-hydrogen) atoms. The molecule has 0 aromatic heterocycles. The van der Waals surface area contributed by atoms with Crippen molar-refractivity contribution in [3.05, 3.63) is 24.3 Å². The minimum absolute atomic E-state index is 0.317. The molecule has 0 amide bonds. The zero-order valence-electron chi connectivity index (χ0n) is 10.2. The Morgan fingerprint density at radius 3 is 2.35 bits per heavy atom. The van der Waals surface area contributed by atoms with Gasteiger partial charge in [-0.3, -0.25) is 4.79 Å². The van der Waals surface area contributed by atoms with Gasteiger partial charge in [0.1, 0.15) is 5.92 Å². The molecule has 0 spiro atoms. The number of para-hydroxylation sites is 2. The molecule has 1 aromatic carbocycles. The smallest absolute Gasteiger partial charge is 0.316 e. The first kappa shape index (κ1) is 11.8. The van der Waals surface area contributed by atoms with Crippen LogP contribution >= 0.6 is 0 Å². The predicted molar refractivity (Wildman–Crippen MR) is 61.9 cm³/mol.